The van der Waals surface area contributed by atoms with E-state index in [0.717, 1.165) is 16.6 Å². The minimum absolute atomic E-state index is 0.0150. The third-order valence-electron chi connectivity index (χ3n) is 4.89. The maximum Gasteiger partial charge on any atom is 0.253 e. The Morgan fingerprint density at radius 3 is 2.71 bits per heavy atom. The molecule has 0 saturated carbocycles. The second-order valence-corrected chi connectivity index (χ2v) is 8.84. The SMILES string of the molecule is Cc1cscc1-c1ccnc(N[C@@H](C)c2cc3cc(Cl)c(OC(C)C)cc3[nH]c2=O)n1. The van der Waals surface area contributed by atoms with Crippen LogP contribution < -0.4 is 15.6 Å². The number of nitrogens with one attached hydrogen (secondary N) is 2. The Balaban J connectivity index is 1.63. The van der Waals surface area contributed by atoms with E-state index in [1.165, 1.54) is 5.56 Å². The number of halogens is 1. The minimum atomic E-state index is -0.308. The summed E-state index contributed by atoms with van der Waals surface area (Å²) < 4.78 is 5.72. The van der Waals surface area contributed by atoms with E-state index >= 15 is 0 Å². The molecule has 4 rings (SSSR count). The van der Waals surface area contributed by atoms with Crippen molar-refractivity contribution in [2.24, 2.45) is 0 Å². The third kappa shape index (κ3) is 4.57. The number of aromatic nitrogens is 3. The van der Waals surface area contributed by atoms with Crippen LogP contribution in [0.5, 0.6) is 5.75 Å². The van der Waals surface area contributed by atoms with Crippen molar-refractivity contribution in [3.63, 3.8) is 0 Å². The van der Waals surface area contributed by atoms with Crippen LogP contribution in [-0.4, -0.2) is 21.1 Å². The van der Waals surface area contributed by atoms with Gasteiger partial charge in [-0.25, -0.2) is 9.97 Å². The first kappa shape index (κ1) is 21.3. The van der Waals surface area contributed by atoms with Crippen LogP contribution in [0, 0.1) is 6.92 Å². The van der Waals surface area contributed by atoms with Gasteiger partial charge in [-0.2, -0.15) is 11.3 Å². The molecule has 2 N–H and O–H groups in total. The molecule has 0 radical (unpaired) electrons. The quantitative estimate of drug-likeness (QED) is 0.375. The lowest BCUT2D eigenvalue weighted by Gasteiger charge is -2.16. The first-order valence-corrected chi connectivity index (χ1v) is 11.3. The molecule has 3 aromatic heterocycles. The van der Waals surface area contributed by atoms with Crippen LogP contribution in [0.15, 0.2) is 46.0 Å². The predicted molar refractivity (Wildman–Crippen MR) is 127 cm³/mol. The number of ether oxygens (including phenoxy) is 1. The average molecular weight is 455 g/mol. The zero-order valence-electron chi connectivity index (χ0n) is 17.7. The van der Waals surface area contributed by atoms with Crippen molar-refractivity contribution in [1.82, 2.24) is 15.0 Å². The van der Waals surface area contributed by atoms with E-state index in [2.05, 4.69) is 38.0 Å². The van der Waals surface area contributed by atoms with E-state index < -0.39 is 0 Å². The molecule has 0 unspecified atom stereocenters. The molecule has 0 aliphatic rings. The summed E-state index contributed by atoms with van der Waals surface area (Å²) in [5.74, 6) is 1.02. The molecule has 0 spiro atoms. The Morgan fingerprint density at radius 2 is 2.00 bits per heavy atom. The molecule has 8 heteroatoms. The van der Waals surface area contributed by atoms with E-state index in [4.69, 9.17) is 16.3 Å². The molecular formula is C23H23ClN4O2S. The molecule has 3 heterocycles. The fraction of sp³-hybridized carbons (Fsp3) is 0.261. The normalized spacial score (nSPS) is 12.3. The van der Waals surface area contributed by atoms with Crippen molar-refractivity contribution in [1.29, 1.82) is 0 Å². The largest absolute Gasteiger partial charge is 0.489 e. The molecule has 6 nitrogen and oxygen atoms in total. The molecule has 0 bridgehead atoms. The maximum atomic E-state index is 12.8. The van der Waals surface area contributed by atoms with Crippen molar-refractivity contribution in [2.75, 3.05) is 5.32 Å². The first-order valence-electron chi connectivity index (χ1n) is 9.97. The molecule has 1 aromatic carbocycles. The smallest absolute Gasteiger partial charge is 0.253 e. The summed E-state index contributed by atoms with van der Waals surface area (Å²) in [5, 5.41) is 8.73. The zero-order chi connectivity index (χ0) is 22.1. The van der Waals surface area contributed by atoms with Gasteiger partial charge < -0.3 is 15.0 Å². The summed E-state index contributed by atoms with van der Waals surface area (Å²) in [6.07, 6.45) is 1.70. The highest BCUT2D eigenvalue weighted by Gasteiger charge is 2.15. The van der Waals surface area contributed by atoms with Gasteiger partial charge in [0.2, 0.25) is 5.95 Å². The molecule has 160 valence electrons. The Hall–Kier alpha value is -2.90. The number of thiophene rings is 1. The van der Waals surface area contributed by atoms with Gasteiger partial charge in [0.25, 0.3) is 5.56 Å². The summed E-state index contributed by atoms with van der Waals surface area (Å²) in [6, 6.07) is 6.97. The number of rotatable bonds is 6. The Kier molecular flexibility index (Phi) is 5.98. The van der Waals surface area contributed by atoms with E-state index in [-0.39, 0.29) is 17.7 Å². The molecule has 0 aliphatic carbocycles. The number of anilines is 1. The van der Waals surface area contributed by atoms with Crippen LogP contribution in [0.1, 0.15) is 37.9 Å². The summed E-state index contributed by atoms with van der Waals surface area (Å²) in [4.78, 5) is 24.6. The van der Waals surface area contributed by atoms with Crippen molar-refractivity contribution in [3.8, 4) is 17.0 Å². The van der Waals surface area contributed by atoms with Crippen molar-refractivity contribution in [3.05, 3.63) is 67.7 Å². The van der Waals surface area contributed by atoms with Gasteiger partial charge in [0.1, 0.15) is 5.75 Å². The van der Waals surface area contributed by atoms with Gasteiger partial charge in [0.05, 0.1) is 28.4 Å². The molecule has 1 atom stereocenters. The number of benzene rings is 1. The highest BCUT2D eigenvalue weighted by atomic mass is 35.5. The zero-order valence-corrected chi connectivity index (χ0v) is 19.3. The van der Waals surface area contributed by atoms with Crippen LogP contribution in [-0.2, 0) is 0 Å². The number of fused-ring (bicyclic) bond motifs is 1. The van der Waals surface area contributed by atoms with E-state index in [1.54, 1.807) is 29.7 Å². The van der Waals surface area contributed by atoms with Gasteiger partial charge in [-0.3, -0.25) is 4.79 Å². The standard InChI is InChI=1S/C23H23ClN4O2S/c1-12(2)30-21-9-20-15(8-18(21)24)7-16(22(29)27-20)14(4)26-23-25-6-5-19(28-23)17-11-31-10-13(17)3/h5-12,14H,1-4H3,(H,27,29)(H,25,26,28)/t14-/m0/s1. The lowest BCUT2D eigenvalue weighted by molar-refractivity contribution is 0.243. The van der Waals surface area contributed by atoms with Crippen molar-refractivity contribution >= 4 is 39.8 Å². The Morgan fingerprint density at radius 1 is 1.19 bits per heavy atom. The molecule has 0 saturated heterocycles. The number of hydrogen-bond donors (Lipinski definition) is 2. The number of nitrogens with zero attached hydrogens (tertiary/aromatic N) is 2. The highest BCUT2D eigenvalue weighted by molar-refractivity contribution is 7.08. The van der Waals surface area contributed by atoms with Gasteiger partial charge in [-0.1, -0.05) is 11.6 Å². The Bertz CT molecular complexity index is 1300. The van der Waals surface area contributed by atoms with E-state index in [9.17, 15) is 4.79 Å². The van der Waals surface area contributed by atoms with E-state index in [0.29, 0.717) is 27.8 Å². The molecular weight excluding hydrogens is 432 g/mol. The van der Waals surface area contributed by atoms with Gasteiger partial charge in [-0.15, -0.1) is 0 Å². The Labute approximate surface area is 189 Å². The molecule has 0 aliphatic heterocycles. The number of pyridine rings is 1. The fourth-order valence-corrected chi connectivity index (χ4v) is 4.42. The van der Waals surface area contributed by atoms with Crippen LogP contribution in [0.4, 0.5) is 5.95 Å². The topological polar surface area (TPSA) is 79.9 Å². The summed E-state index contributed by atoms with van der Waals surface area (Å²) in [7, 11) is 0. The van der Waals surface area contributed by atoms with Gasteiger partial charge in [0, 0.05) is 34.2 Å². The first-order chi connectivity index (χ1) is 14.8. The number of hydrogen-bond acceptors (Lipinski definition) is 6. The second-order valence-electron chi connectivity index (χ2n) is 7.69. The average Bonchev–Trinajstić information content (AvgIpc) is 3.14. The predicted octanol–water partition coefficient (Wildman–Crippen LogP) is 5.97. The highest BCUT2D eigenvalue weighted by Crippen LogP contribution is 2.31. The van der Waals surface area contributed by atoms with Gasteiger partial charge in [0.15, 0.2) is 0 Å². The number of H-pyrrole nitrogens is 1. The van der Waals surface area contributed by atoms with Crippen molar-refractivity contribution in [2.45, 2.75) is 39.8 Å². The fourth-order valence-electron chi connectivity index (χ4n) is 3.36. The summed E-state index contributed by atoms with van der Waals surface area (Å²) in [6.45, 7) is 7.81. The summed E-state index contributed by atoms with van der Waals surface area (Å²) in [5.41, 5.74) is 4.16. The van der Waals surface area contributed by atoms with Crippen LogP contribution in [0.3, 0.4) is 0 Å². The van der Waals surface area contributed by atoms with Gasteiger partial charge >= 0.3 is 0 Å². The third-order valence-corrected chi connectivity index (χ3v) is 6.04. The molecule has 4 aromatic rings. The molecule has 31 heavy (non-hydrogen) atoms. The molecule has 0 amide bonds. The second kappa shape index (κ2) is 8.69. The van der Waals surface area contributed by atoms with E-state index in [1.807, 2.05) is 32.9 Å². The number of aromatic amines is 1. The lowest BCUT2D eigenvalue weighted by Crippen LogP contribution is -2.20. The maximum absolute atomic E-state index is 12.8. The van der Waals surface area contributed by atoms with Crippen LogP contribution in [0.25, 0.3) is 22.2 Å². The summed E-state index contributed by atoms with van der Waals surface area (Å²) >= 11 is 8.02. The number of aryl methyl sites for hydroxylation is 1. The monoisotopic (exact) mass is 454 g/mol. The molecule has 0 fully saturated rings. The van der Waals surface area contributed by atoms with Crippen LogP contribution in [0.2, 0.25) is 5.02 Å². The van der Waals surface area contributed by atoms with Crippen LogP contribution >= 0.6 is 22.9 Å². The van der Waals surface area contributed by atoms with Crippen molar-refractivity contribution < 1.29 is 4.74 Å². The minimum Gasteiger partial charge on any atom is -0.489 e. The lowest BCUT2D eigenvalue weighted by atomic mass is 10.1. The van der Waals surface area contributed by atoms with Gasteiger partial charge in [-0.05, 0) is 56.8 Å².